The van der Waals surface area contributed by atoms with E-state index in [1.54, 1.807) is 6.33 Å². The Labute approximate surface area is 153 Å². The number of fused-ring (bicyclic) bond motifs is 3. The van der Waals surface area contributed by atoms with Gasteiger partial charge in [0.25, 0.3) is 0 Å². The van der Waals surface area contributed by atoms with E-state index in [1.807, 2.05) is 22.7 Å². The van der Waals surface area contributed by atoms with Gasteiger partial charge in [-0.2, -0.15) is 0 Å². The molecule has 0 unspecified atom stereocenters. The van der Waals surface area contributed by atoms with Crippen LogP contribution in [0, 0.1) is 13.8 Å². The Morgan fingerprint density at radius 1 is 1.04 bits per heavy atom. The number of aromatic nitrogens is 5. The lowest BCUT2D eigenvalue weighted by Crippen LogP contribution is -2.19. The number of hydrogen-bond acceptors (Lipinski definition) is 4. The van der Waals surface area contributed by atoms with Crippen LogP contribution in [0.2, 0.25) is 0 Å². The average molecular weight is 348 g/mol. The first-order valence-corrected chi connectivity index (χ1v) is 8.93. The molecule has 6 nitrogen and oxygen atoms in total. The molecule has 0 radical (unpaired) electrons. The van der Waals surface area contributed by atoms with E-state index in [-0.39, 0.29) is 0 Å². The summed E-state index contributed by atoms with van der Waals surface area (Å²) in [6.45, 7) is 6.20. The Morgan fingerprint density at radius 2 is 1.81 bits per heavy atom. The Hall–Kier alpha value is -2.73. The predicted molar refractivity (Wildman–Crippen MR) is 104 cm³/mol. The van der Waals surface area contributed by atoms with Crippen LogP contribution in [0.3, 0.4) is 0 Å². The molecule has 0 atom stereocenters. The maximum absolute atomic E-state index is 4.83. The van der Waals surface area contributed by atoms with Crippen molar-refractivity contribution in [2.45, 2.75) is 26.8 Å². The molecule has 4 rings (SSSR count). The van der Waals surface area contributed by atoms with Crippen LogP contribution in [-0.4, -0.2) is 49.7 Å². The molecule has 0 saturated carbocycles. The van der Waals surface area contributed by atoms with E-state index in [9.17, 15) is 0 Å². The fraction of sp³-hybridized carbons (Fsp3) is 0.350. The van der Waals surface area contributed by atoms with Gasteiger partial charge in [0.2, 0.25) is 0 Å². The van der Waals surface area contributed by atoms with Crippen molar-refractivity contribution in [3.05, 3.63) is 59.3 Å². The smallest absolute Gasteiger partial charge is 0.168 e. The lowest BCUT2D eigenvalue weighted by Gasteiger charge is -2.12. The van der Waals surface area contributed by atoms with Gasteiger partial charge >= 0.3 is 0 Å². The van der Waals surface area contributed by atoms with Crippen LogP contribution in [0.4, 0.5) is 0 Å². The third-order valence-corrected chi connectivity index (χ3v) is 4.97. The van der Waals surface area contributed by atoms with Gasteiger partial charge in [0.15, 0.2) is 11.5 Å². The van der Waals surface area contributed by atoms with Gasteiger partial charge in [-0.25, -0.2) is 14.5 Å². The summed E-state index contributed by atoms with van der Waals surface area (Å²) in [4.78, 5) is 11.7. The minimum atomic E-state index is 0.726. The summed E-state index contributed by atoms with van der Waals surface area (Å²) < 4.78 is 4.10. The number of rotatable bonds is 5. The summed E-state index contributed by atoms with van der Waals surface area (Å²) in [5, 5.41) is 5.74. The highest BCUT2D eigenvalue weighted by atomic mass is 15.3. The second-order valence-corrected chi connectivity index (χ2v) is 7.07. The molecule has 0 aliphatic carbocycles. The van der Waals surface area contributed by atoms with Gasteiger partial charge in [-0.15, -0.1) is 5.10 Å². The van der Waals surface area contributed by atoms with Crippen LogP contribution in [0.5, 0.6) is 0 Å². The molecule has 0 spiro atoms. The number of likely N-dealkylation sites (N-methyl/N-ethyl adjacent to an activating group) is 1. The summed E-state index contributed by atoms with van der Waals surface area (Å²) in [6.07, 6.45) is 2.51. The summed E-state index contributed by atoms with van der Waals surface area (Å²) in [5.74, 6) is 0.823. The zero-order valence-corrected chi connectivity index (χ0v) is 15.8. The van der Waals surface area contributed by atoms with Crippen molar-refractivity contribution in [3.63, 3.8) is 0 Å². The van der Waals surface area contributed by atoms with Gasteiger partial charge in [0, 0.05) is 25.2 Å². The van der Waals surface area contributed by atoms with Crippen molar-refractivity contribution < 1.29 is 0 Å². The lowest BCUT2D eigenvalue weighted by molar-refractivity contribution is 0.384. The summed E-state index contributed by atoms with van der Waals surface area (Å²) in [5.41, 5.74) is 5.58. The molecule has 0 aliphatic rings. The Balaban J connectivity index is 1.80. The summed E-state index contributed by atoms with van der Waals surface area (Å²) in [6, 6.07) is 10.3. The van der Waals surface area contributed by atoms with Crippen LogP contribution < -0.4 is 0 Å². The van der Waals surface area contributed by atoms with Crippen LogP contribution >= 0.6 is 0 Å². The van der Waals surface area contributed by atoms with Gasteiger partial charge in [0.1, 0.15) is 12.0 Å². The molecule has 0 bridgehead atoms. The van der Waals surface area contributed by atoms with E-state index >= 15 is 0 Å². The number of benzene rings is 1. The summed E-state index contributed by atoms with van der Waals surface area (Å²) >= 11 is 0. The van der Waals surface area contributed by atoms with Crippen LogP contribution in [-0.2, 0) is 13.0 Å². The topological polar surface area (TPSA) is 51.2 Å². The quantitative estimate of drug-likeness (QED) is 0.556. The first kappa shape index (κ1) is 16.7. The fourth-order valence-corrected chi connectivity index (χ4v) is 3.40. The second kappa shape index (κ2) is 6.53. The molecular weight excluding hydrogens is 324 g/mol. The van der Waals surface area contributed by atoms with Crippen molar-refractivity contribution in [1.29, 1.82) is 0 Å². The normalized spacial score (nSPS) is 11.9. The van der Waals surface area contributed by atoms with E-state index < -0.39 is 0 Å². The molecule has 4 aromatic rings. The average Bonchev–Trinajstić information content (AvgIpc) is 3.13. The van der Waals surface area contributed by atoms with Crippen molar-refractivity contribution in [2.75, 3.05) is 20.6 Å². The predicted octanol–water partition coefficient (Wildman–Crippen LogP) is 2.85. The minimum Gasteiger partial charge on any atom is -0.328 e. The monoisotopic (exact) mass is 348 g/mol. The van der Waals surface area contributed by atoms with Crippen LogP contribution in [0.1, 0.15) is 22.6 Å². The zero-order valence-electron chi connectivity index (χ0n) is 15.8. The van der Waals surface area contributed by atoms with E-state index in [4.69, 9.17) is 9.97 Å². The van der Waals surface area contributed by atoms with Crippen molar-refractivity contribution in [1.82, 2.24) is 29.0 Å². The SMILES string of the molecule is Cc1c(C)n(CCN(C)C)c2ncn3nc(Cc4ccccc4)nc3c12. The molecule has 6 heteroatoms. The van der Waals surface area contributed by atoms with E-state index in [0.717, 1.165) is 42.0 Å². The van der Waals surface area contributed by atoms with Crippen molar-refractivity contribution >= 4 is 16.7 Å². The number of aryl methyl sites for hydroxylation is 1. The molecule has 0 saturated heterocycles. The first-order chi connectivity index (χ1) is 12.5. The standard InChI is InChI=1S/C20H24N6/c1-14-15(2)25(11-10-24(3)4)19-18(14)20-22-17(23-26(20)13-21-19)12-16-8-6-5-7-9-16/h5-9,13H,10-12H2,1-4H3. The van der Waals surface area contributed by atoms with Crippen LogP contribution in [0.25, 0.3) is 16.7 Å². The van der Waals surface area contributed by atoms with Gasteiger partial charge in [0.05, 0.1) is 5.39 Å². The van der Waals surface area contributed by atoms with E-state index in [0.29, 0.717) is 0 Å². The third kappa shape index (κ3) is 2.86. The van der Waals surface area contributed by atoms with E-state index in [2.05, 4.69) is 54.6 Å². The lowest BCUT2D eigenvalue weighted by atomic mass is 10.1. The minimum absolute atomic E-state index is 0.726. The number of nitrogens with zero attached hydrogens (tertiary/aromatic N) is 6. The van der Waals surface area contributed by atoms with Crippen LogP contribution in [0.15, 0.2) is 36.7 Å². The maximum Gasteiger partial charge on any atom is 0.168 e. The molecule has 0 amide bonds. The second-order valence-electron chi connectivity index (χ2n) is 7.07. The molecular formula is C20H24N6. The van der Waals surface area contributed by atoms with Gasteiger partial charge < -0.3 is 9.47 Å². The molecule has 0 fully saturated rings. The Kier molecular flexibility index (Phi) is 4.20. The van der Waals surface area contributed by atoms with Gasteiger partial charge in [-0.05, 0) is 39.1 Å². The van der Waals surface area contributed by atoms with Gasteiger partial charge in [-0.3, -0.25) is 0 Å². The largest absolute Gasteiger partial charge is 0.328 e. The highest BCUT2D eigenvalue weighted by Crippen LogP contribution is 2.26. The highest BCUT2D eigenvalue weighted by molar-refractivity contribution is 5.93. The van der Waals surface area contributed by atoms with Crippen molar-refractivity contribution in [2.24, 2.45) is 0 Å². The molecule has 0 aliphatic heterocycles. The Bertz CT molecular complexity index is 1060. The Morgan fingerprint density at radius 3 is 2.54 bits per heavy atom. The third-order valence-electron chi connectivity index (χ3n) is 4.97. The molecule has 26 heavy (non-hydrogen) atoms. The highest BCUT2D eigenvalue weighted by Gasteiger charge is 2.18. The van der Waals surface area contributed by atoms with Crippen molar-refractivity contribution in [3.8, 4) is 0 Å². The summed E-state index contributed by atoms with van der Waals surface area (Å²) in [7, 11) is 4.18. The molecule has 0 N–H and O–H groups in total. The molecule has 3 heterocycles. The fourth-order valence-electron chi connectivity index (χ4n) is 3.40. The van der Waals surface area contributed by atoms with E-state index in [1.165, 1.54) is 16.8 Å². The first-order valence-electron chi connectivity index (χ1n) is 8.93. The molecule has 1 aromatic carbocycles. The molecule has 3 aromatic heterocycles. The maximum atomic E-state index is 4.83. The van der Waals surface area contributed by atoms with Gasteiger partial charge in [-0.1, -0.05) is 30.3 Å². The number of hydrogen-bond donors (Lipinski definition) is 0. The zero-order chi connectivity index (χ0) is 18.3. The molecule has 134 valence electrons.